The van der Waals surface area contributed by atoms with Crippen molar-refractivity contribution < 1.29 is 47.6 Å². The average molecular weight is 435 g/mol. The molecule has 4 nitrogen and oxygen atoms in total. The van der Waals surface area contributed by atoms with Crippen molar-refractivity contribution in [2.45, 2.75) is 115 Å². The molecular weight excluding hydrogens is 395 g/mol. The van der Waals surface area contributed by atoms with Crippen LogP contribution in [0.4, 0.5) is 0 Å². The summed E-state index contributed by atoms with van der Waals surface area (Å²) in [6.45, 7) is 2.26. The predicted octanol–water partition coefficient (Wildman–Crippen LogP) is 3.42. The average Bonchev–Trinajstić information content (AvgIpc) is 2.65. The van der Waals surface area contributed by atoms with E-state index in [1.165, 1.54) is 83.1 Å². The van der Waals surface area contributed by atoms with Gasteiger partial charge in [0, 0.05) is 0 Å². The fourth-order valence-electron chi connectivity index (χ4n) is 3.65. The third-order valence-corrected chi connectivity index (χ3v) is 6.27. The second-order valence-electron chi connectivity index (χ2n) is 7.92. The molecule has 0 saturated heterocycles. The van der Waals surface area contributed by atoms with Gasteiger partial charge < -0.3 is 5.11 Å². The van der Waals surface area contributed by atoms with Gasteiger partial charge in [-0.2, -0.15) is 8.42 Å². The van der Waals surface area contributed by atoms with Gasteiger partial charge in [0.05, 0.1) is 4.90 Å². The van der Waals surface area contributed by atoms with Crippen molar-refractivity contribution in [2.24, 2.45) is 0 Å². The first-order chi connectivity index (χ1) is 13.5. The minimum Gasteiger partial charge on any atom is -0.871 e. The van der Waals surface area contributed by atoms with Crippen LogP contribution < -0.4 is 34.7 Å². The zero-order valence-electron chi connectivity index (χ0n) is 18.6. The summed E-state index contributed by atoms with van der Waals surface area (Å²) in [4.78, 5) is -0.508. The van der Waals surface area contributed by atoms with E-state index in [9.17, 15) is 13.5 Å². The molecule has 1 aromatic carbocycles. The van der Waals surface area contributed by atoms with Gasteiger partial charge in [-0.3, -0.25) is 4.55 Å². The Hall–Kier alpha value is -0.0700. The summed E-state index contributed by atoms with van der Waals surface area (Å²) in [5, 5.41) is 12.1. The number of para-hydroxylation sites is 1. The maximum atomic E-state index is 12.1. The Labute approximate surface area is 200 Å². The molecule has 0 bridgehead atoms. The zero-order valence-corrected chi connectivity index (χ0v) is 21.4. The maximum absolute atomic E-state index is 12.1. The molecule has 29 heavy (non-hydrogen) atoms. The van der Waals surface area contributed by atoms with E-state index in [1.807, 2.05) is 0 Å². The smallest absolute Gasteiger partial charge is 0.871 e. The van der Waals surface area contributed by atoms with E-state index in [4.69, 9.17) is 4.55 Å². The molecule has 0 aliphatic carbocycles. The summed E-state index contributed by atoms with van der Waals surface area (Å²) in [5.41, 5.74) is 0.477. The van der Waals surface area contributed by atoms with E-state index in [0.29, 0.717) is 12.0 Å². The van der Waals surface area contributed by atoms with Crippen molar-refractivity contribution >= 4 is 10.1 Å². The first kappa shape index (κ1) is 28.9. The molecule has 0 spiro atoms. The molecule has 6 heteroatoms. The molecule has 0 radical (unpaired) electrons. The summed E-state index contributed by atoms with van der Waals surface area (Å²) >= 11 is 0. The van der Waals surface area contributed by atoms with Crippen LogP contribution in [-0.4, -0.2) is 13.0 Å². The number of rotatable bonds is 17. The van der Waals surface area contributed by atoms with Gasteiger partial charge in [0.1, 0.15) is 0 Å². The predicted molar refractivity (Wildman–Crippen MR) is 114 cm³/mol. The van der Waals surface area contributed by atoms with Crippen LogP contribution in [0.2, 0.25) is 0 Å². The molecule has 0 atom stereocenters. The molecule has 0 unspecified atom stereocenters. The van der Waals surface area contributed by atoms with Gasteiger partial charge in [-0.1, -0.05) is 120 Å². The Kier molecular flexibility index (Phi) is 17.6. The zero-order chi connectivity index (χ0) is 20.7. The quantitative estimate of drug-likeness (QED) is 0.231. The molecule has 0 saturated carbocycles. The SMILES string of the molecule is CCCCCCCCCCCCCCCCCc1cccc(S(=O)(=O)O)c1[O-].[Na+]. The molecule has 0 aromatic heterocycles. The van der Waals surface area contributed by atoms with Crippen LogP contribution in [0.25, 0.3) is 0 Å². The van der Waals surface area contributed by atoms with E-state index in [-0.39, 0.29) is 29.6 Å². The minimum atomic E-state index is -4.43. The van der Waals surface area contributed by atoms with Crippen molar-refractivity contribution in [2.75, 3.05) is 0 Å². The number of unbranched alkanes of at least 4 members (excludes halogenated alkanes) is 14. The number of aryl methyl sites for hydroxylation is 1. The van der Waals surface area contributed by atoms with Gasteiger partial charge in [-0.15, -0.1) is 0 Å². The summed E-state index contributed by atoms with van der Waals surface area (Å²) < 4.78 is 31.4. The van der Waals surface area contributed by atoms with Gasteiger partial charge in [0.15, 0.2) is 0 Å². The van der Waals surface area contributed by atoms with Gasteiger partial charge in [-0.05, 0) is 18.9 Å². The molecule has 0 amide bonds. The van der Waals surface area contributed by atoms with Crippen molar-refractivity contribution in [3.8, 4) is 5.75 Å². The van der Waals surface area contributed by atoms with Crippen LogP contribution in [-0.2, 0) is 16.5 Å². The molecule has 1 rings (SSSR count). The molecule has 0 heterocycles. The van der Waals surface area contributed by atoms with Crippen LogP contribution in [0.3, 0.4) is 0 Å². The third-order valence-electron chi connectivity index (χ3n) is 5.39. The Morgan fingerprint density at radius 3 is 1.59 bits per heavy atom. The van der Waals surface area contributed by atoms with Crippen molar-refractivity contribution in [3.63, 3.8) is 0 Å². The van der Waals surface area contributed by atoms with Crippen LogP contribution in [0.15, 0.2) is 23.1 Å². The monoisotopic (exact) mass is 434 g/mol. The second-order valence-corrected chi connectivity index (χ2v) is 9.31. The Balaban J connectivity index is 0.00000784. The van der Waals surface area contributed by atoms with Gasteiger partial charge in [0.25, 0.3) is 10.1 Å². The van der Waals surface area contributed by atoms with Gasteiger partial charge in [-0.25, -0.2) is 0 Å². The summed E-state index contributed by atoms with van der Waals surface area (Å²) in [7, 11) is -4.43. The summed E-state index contributed by atoms with van der Waals surface area (Å²) in [6.07, 6.45) is 19.9. The number of benzene rings is 1. The first-order valence-corrected chi connectivity index (χ1v) is 12.7. The molecule has 162 valence electrons. The van der Waals surface area contributed by atoms with E-state index < -0.39 is 20.8 Å². The fourth-order valence-corrected chi connectivity index (χ4v) is 4.26. The fraction of sp³-hybridized carbons (Fsp3) is 0.739. The van der Waals surface area contributed by atoms with Crippen LogP contribution in [0, 0.1) is 0 Å². The van der Waals surface area contributed by atoms with E-state index in [2.05, 4.69) is 6.92 Å². The standard InChI is InChI=1S/C23H40O4S.Na/c1-2-3-4-5-6-7-8-9-10-11-12-13-14-15-16-18-21-19-17-20-22(23(21)24)28(25,26)27;/h17,19-20,24H,2-16,18H2,1H3,(H,25,26,27);/q;+1/p-1. The Morgan fingerprint density at radius 2 is 1.17 bits per heavy atom. The first-order valence-electron chi connectivity index (χ1n) is 11.2. The van der Waals surface area contributed by atoms with Crippen LogP contribution >= 0.6 is 0 Å². The molecule has 1 aromatic rings. The van der Waals surface area contributed by atoms with Crippen molar-refractivity contribution in [3.05, 3.63) is 23.8 Å². The number of hydrogen-bond donors (Lipinski definition) is 1. The summed E-state index contributed by atoms with van der Waals surface area (Å²) in [6, 6.07) is 4.33. The van der Waals surface area contributed by atoms with E-state index >= 15 is 0 Å². The van der Waals surface area contributed by atoms with E-state index in [0.717, 1.165) is 25.3 Å². The largest absolute Gasteiger partial charge is 1.00 e. The molecule has 0 aliphatic heterocycles. The molecule has 1 N–H and O–H groups in total. The minimum absolute atomic E-state index is 0. The van der Waals surface area contributed by atoms with Gasteiger partial charge >= 0.3 is 29.6 Å². The van der Waals surface area contributed by atoms with Gasteiger partial charge in [0.2, 0.25) is 0 Å². The third kappa shape index (κ3) is 13.8. The van der Waals surface area contributed by atoms with Crippen LogP contribution in [0.1, 0.15) is 109 Å². The second kappa shape index (κ2) is 17.6. The molecule has 0 fully saturated rings. The Morgan fingerprint density at radius 1 is 0.759 bits per heavy atom. The van der Waals surface area contributed by atoms with Crippen LogP contribution in [0.5, 0.6) is 5.75 Å². The van der Waals surface area contributed by atoms with Crippen molar-refractivity contribution in [1.82, 2.24) is 0 Å². The molecular formula is C23H39NaO4S. The Bertz CT molecular complexity index is 632. The van der Waals surface area contributed by atoms with Crippen molar-refractivity contribution in [1.29, 1.82) is 0 Å². The summed E-state index contributed by atoms with van der Waals surface area (Å²) in [5.74, 6) is -0.560. The van der Waals surface area contributed by atoms with E-state index in [1.54, 1.807) is 6.07 Å². The maximum Gasteiger partial charge on any atom is 1.00 e. The topological polar surface area (TPSA) is 77.4 Å². The normalized spacial score (nSPS) is 11.4. The number of hydrogen-bond acceptors (Lipinski definition) is 3. The molecule has 0 aliphatic rings.